The number of benzene rings is 3. The first-order chi connectivity index (χ1) is 11.8. The number of hydrogen-bond donors (Lipinski definition) is 1. The lowest BCUT2D eigenvalue weighted by Gasteiger charge is -2.12. The molecule has 2 nitrogen and oxygen atoms in total. The van der Waals surface area contributed by atoms with Gasteiger partial charge in [0.15, 0.2) is 0 Å². The van der Waals surface area contributed by atoms with Crippen LogP contribution in [-0.4, -0.2) is 4.98 Å². The molecular formula is C21H15NOS. The topological polar surface area (TPSA) is 32.9 Å². The molecule has 0 atom stereocenters. The van der Waals surface area contributed by atoms with E-state index < -0.39 is 0 Å². The standard InChI is InChI=1S/C21H15NOS/c23-21-20(24-16-11-5-2-6-12-16)19(15-9-3-1-4-10-15)17-13-7-8-14-18(17)22-21/h1-14H,(H,22,23). The summed E-state index contributed by atoms with van der Waals surface area (Å²) in [5.74, 6) is 0. The summed E-state index contributed by atoms with van der Waals surface area (Å²) in [4.78, 5) is 17.5. The molecular weight excluding hydrogens is 314 g/mol. The van der Waals surface area contributed by atoms with Crippen molar-refractivity contribution in [3.63, 3.8) is 0 Å². The highest BCUT2D eigenvalue weighted by Gasteiger charge is 2.15. The van der Waals surface area contributed by atoms with Crippen molar-refractivity contribution in [2.75, 3.05) is 0 Å². The summed E-state index contributed by atoms with van der Waals surface area (Å²) in [5.41, 5.74) is 2.85. The largest absolute Gasteiger partial charge is 0.321 e. The molecule has 0 amide bonds. The van der Waals surface area contributed by atoms with Crippen molar-refractivity contribution < 1.29 is 0 Å². The van der Waals surface area contributed by atoms with Gasteiger partial charge in [0.2, 0.25) is 0 Å². The maximum Gasteiger partial charge on any atom is 0.263 e. The fourth-order valence-corrected chi connectivity index (χ4v) is 3.82. The summed E-state index contributed by atoms with van der Waals surface area (Å²) in [6, 6.07) is 28.0. The third-order valence-corrected chi connectivity index (χ3v) is 5.00. The van der Waals surface area contributed by atoms with Crippen LogP contribution in [0.1, 0.15) is 0 Å². The van der Waals surface area contributed by atoms with Gasteiger partial charge in [-0.2, -0.15) is 0 Å². The van der Waals surface area contributed by atoms with E-state index in [9.17, 15) is 4.79 Å². The van der Waals surface area contributed by atoms with Crippen LogP contribution >= 0.6 is 11.8 Å². The second-order valence-corrected chi connectivity index (χ2v) is 6.57. The summed E-state index contributed by atoms with van der Waals surface area (Å²) in [7, 11) is 0. The molecule has 0 aliphatic rings. The molecule has 0 bridgehead atoms. The third kappa shape index (κ3) is 2.74. The Morgan fingerprint density at radius 1 is 0.708 bits per heavy atom. The van der Waals surface area contributed by atoms with Crippen LogP contribution < -0.4 is 5.56 Å². The zero-order valence-corrected chi connectivity index (χ0v) is 13.7. The van der Waals surface area contributed by atoms with E-state index >= 15 is 0 Å². The number of hydrogen-bond acceptors (Lipinski definition) is 2. The summed E-state index contributed by atoms with van der Waals surface area (Å²) in [6.07, 6.45) is 0. The maximum absolute atomic E-state index is 12.8. The molecule has 0 aliphatic carbocycles. The Morgan fingerprint density at radius 2 is 1.33 bits per heavy atom. The molecule has 0 radical (unpaired) electrons. The van der Waals surface area contributed by atoms with Crippen molar-refractivity contribution in [1.29, 1.82) is 0 Å². The van der Waals surface area contributed by atoms with Crippen molar-refractivity contribution in [1.82, 2.24) is 4.98 Å². The SMILES string of the molecule is O=c1[nH]c2ccccc2c(-c2ccccc2)c1Sc1ccccc1. The first kappa shape index (κ1) is 14.8. The average molecular weight is 329 g/mol. The molecule has 0 fully saturated rings. The van der Waals surface area contributed by atoms with Gasteiger partial charge >= 0.3 is 0 Å². The molecule has 0 aliphatic heterocycles. The summed E-state index contributed by atoms with van der Waals surface area (Å²) in [5, 5.41) is 1.06. The smallest absolute Gasteiger partial charge is 0.263 e. The Balaban J connectivity index is 2.01. The summed E-state index contributed by atoms with van der Waals surface area (Å²) < 4.78 is 0. The van der Waals surface area contributed by atoms with Crippen LogP contribution in [0, 0.1) is 0 Å². The van der Waals surface area contributed by atoms with Gasteiger partial charge in [-0.1, -0.05) is 78.5 Å². The number of nitrogens with one attached hydrogen (secondary N) is 1. The normalized spacial score (nSPS) is 10.8. The molecule has 116 valence electrons. The predicted octanol–water partition coefficient (Wildman–Crippen LogP) is 5.35. The molecule has 4 rings (SSSR count). The molecule has 0 saturated carbocycles. The van der Waals surface area contributed by atoms with Gasteiger partial charge in [-0.25, -0.2) is 0 Å². The van der Waals surface area contributed by atoms with Gasteiger partial charge in [0, 0.05) is 21.4 Å². The van der Waals surface area contributed by atoms with Crippen LogP contribution in [0.4, 0.5) is 0 Å². The monoisotopic (exact) mass is 329 g/mol. The van der Waals surface area contributed by atoms with E-state index in [0.717, 1.165) is 31.8 Å². The van der Waals surface area contributed by atoms with Crippen molar-refractivity contribution >= 4 is 22.7 Å². The minimum Gasteiger partial charge on any atom is -0.321 e. The van der Waals surface area contributed by atoms with Crippen LogP contribution in [0.5, 0.6) is 0 Å². The number of fused-ring (bicyclic) bond motifs is 1. The first-order valence-electron chi connectivity index (χ1n) is 7.76. The molecule has 1 heterocycles. The molecule has 0 unspecified atom stereocenters. The highest BCUT2D eigenvalue weighted by Crippen LogP contribution is 2.37. The minimum atomic E-state index is -0.0543. The van der Waals surface area contributed by atoms with Gasteiger partial charge in [0.05, 0.1) is 4.90 Å². The quantitative estimate of drug-likeness (QED) is 0.550. The Bertz CT molecular complexity index is 1040. The van der Waals surface area contributed by atoms with Crippen LogP contribution in [0.25, 0.3) is 22.0 Å². The lowest BCUT2D eigenvalue weighted by molar-refractivity contribution is 1.20. The Morgan fingerprint density at radius 3 is 2.08 bits per heavy atom. The van der Waals surface area contributed by atoms with Gasteiger partial charge in [0.1, 0.15) is 0 Å². The Labute approximate surface area is 144 Å². The van der Waals surface area contributed by atoms with Gasteiger partial charge in [0.25, 0.3) is 5.56 Å². The summed E-state index contributed by atoms with van der Waals surface area (Å²) >= 11 is 1.51. The van der Waals surface area contributed by atoms with E-state index in [0.29, 0.717) is 0 Å². The molecule has 0 saturated heterocycles. The second-order valence-electron chi connectivity index (χ2n) is 5.48. The van der Waals surface area contributed by atoms with Crippen LogP contribution in [-0.2, 0) is 0 Å². The van der Waals surface area contributed by atoms with Crippen molar-refractivity contribution in [2.24, 2.45) is 0 Å². The minimum absolute atomic E-state index is 0.0543. The highest BCUT2D eigenvalue weighted by molar-refractivity contribution is 7.99. The molecule has 1 N–H and O–H groups in total. The van der Waals surface area contributed by atoms with Gasteiger partial charge in [-0.3, -0.25) is 4.79 Å². The second kappa shape index (κ2) is 6.38. The lowest BCUT2D eigenvalue weighted by atomic mass is 10.0. The van der Waals surface area contributed by atoms with Crippen LogP contribution in [0.15, 0.2) is 99.5 Å². The third-order valence-electron chi connectivity index (χ3n) is 3.90. The van der Waals surface area contributed by atoms with E-state index in [1.54, 1.807) is 0 Å². The van der Waals surface area contributed by atoms with E-state index in [2.05, 4.69) is 23.2 Å². The van der Waals surface area contributed by atoms with E-state index in [1.165, 1.54) is 11.8 Å². The molecule has 24 heavy (non-hydrogen) atoms. The zero-order valence-electron chi connectivity index (χ0n) is 12.9. The summed E-state index contributed by atoms with van der Waals surface area (Å²) in [6.45, 7) is 0. The molecule has 3 heteroatoms. The van der Waals surface area contributed by atoms with Crippen LogP contribution in [0.3, 0.4) is 0 Å². The maximum atomic E-state index is 12.8. The molecule has 0 spiro atoms. The number of rotatable bonds is 3. The molecule has 1 aromatic heterocycles. The Kier molecular flexibility index (Phi) is 3.93. The number of H-pyrrole nitrogens is 1. The van der Waals surface area contributed by atoms with Crippen LogP contribution in [0.2, 0.25) is 0 Å². The van der Waals surface area contributed by atoms with Crippen molar-refractivity contribution in [3.05, 3.63) is 95.3 Å². The first-order valence-corrected chi connectivity index (χ1v) is 8.58. The molecule has 4 aromatic rings. The number of aromatic nitrogens is 1. The van der Waals surface area contributed by atoms with E-state index in [4.69, 9.17) is 0 Å². The Hall–Kier alpha value is -2.78. The fraction of sp³-hybridized carbons (Fsp3) is 0. The average Bonchev–Trinajstić information content (AvgIpc) is 2.64. The van der Waals surface area contributed by atoms with Gasteiger partial charge in [-0.15, -0.1) is 0 Å². The predicted molar refractivity (Wildman–Crippen MR) is 101 cm³/mol. The van der Waals surface area contributed by atoms with E-state index in [1.807, 2.05) is 66.7 Å². The highest BCUT2D eigenvalue weighted by atomic mass is 32.2. The zero-order chi connectivity index (χ0) is 16.4. The lowest BCUT2D eigenvalue weighted by Crippen LogP contribution is -2.10. The number of pyridine rings is 1. The number of aromatic amines is 1. The number of para-hydroxylation sites is 1. The van der Waals surface area contributed by atoms with Crippen molar-refractivity contribution in [3.8, 4) is 11.1 Å². The fourth-order valence-electron chi connectivity index (χ4n) is 2.82. The molecule has 3 aromatic carbocycles. The van der Waals surface area contributed by atoms with Crippen molar-refractivity contribution in [2.45, 2.75) is 9.79 Å². The van der Waals surface area contributed by atoms with E-state index in [-0.39, 0.29) is 5.56 Å². The van der Waals surface area contributed by atoms with Gasteiger partial charge in [-0.05, 0) is 23.8 Å². The van der Waals surface area contributed by atoms with Gasteiger partial charge < -0.3 is 4.98 Å².